The number of rotatable bonds is 9. The third-order valence-corrected chi connectivity index (χ3v) is 4.90. The first-order chi connectivity index (χ1) is 13.2. The van der Waals surface area contributed by atoms with E-state index >= 15 is 0 Å². The van der Waals surface area contributed by atoms with E-state index in [2.05, 4.69) is 16.8 Å². The zero-order valence-corrected chi connectivity index (χ0v) is 16.1. The number of hydrogen-bond donors (Lipinski definition) is 0. The Balaban J connectivity index is 1.41. The van der Waals surface area contributed by atoms with Gasteiger partial charge in [-0.3, -0.25) is 10.1 Å². The Hall–Kier alpha value is -2.43. The van der Waals surface area contributed by atoms with Gasteiger partial charge in [-0.2, -0.15) is 0 Å². The van der Waals surface area contributed by atoms with E-state index < -0.39 is 0 Å². The summed E-state index contributed by atoms with van der Waals surface area (Å²) in [6.07, 6.45) is 10.0. The molecule has 27 heavy (non-hydrogen) atoms. The fourth-order valence-corrected chi connectivity index (χ4v) is 3.34. The molecule has 0 unspecified atom stereocenters. The van der Waals surface area contributed by atoms with Crippen LogP contribution in [0.3, 0.4) is 0 Å². The standard InChI is InChI=1S/C22H29N2O3/c1-2-3-4-5-14-26-20-6-8-21(9-7-20)27-22-10-12-24(13-11-22)18-15-19(25)17-23-16-18/h6-9,15-17,22H,2-5,10-14H2,1H3. The molecule has 0 bridgehead atoms. The summed E-state index contributed by atoms with van der Waals surface area (Å²) < 4.78 is 11.9. The summed E-state index contributed by atoms with van der Waals surface area (Å²) in [5.74, 6) is 1.74. The van der Waals surface area contributed by atoms with Gasteiger partial charge in [0.15, 0.2) is 5.75 Å². The van der Waals surface area contributed by atoms with Crippen LogP contribution in [0.5, 0.6) is 17.2 Å². The molecular weight excluding hydrogens is 340 g/mol. The molecule has 1 aliphatic rings. The molecule has 0 N–H and O–H groups in total. The lowest BCUT2D eigenvalue weighted by atomic mass is 10.1. The largest absolute Gasteiger partial charge is 0.494 e. The van der Waals surface area contributed by atoms with E-state index in [1.54, 1.807) is 12.3 Å². The van der Waals surface area contributed by atoms with Crippen LogP contribution in [0.25, 0.3) is 0 Å². The molecule has 5 heteroatoms. The maximum absolute atomic E-state index is 11.5. The van der Waals surface area contributed by atoms with Gasteiger partial charge in [-0.15, -0.1) is 0 Å². The van der Waals surface area contributed by atoms with Gasteiger partial charge in [0.2, 0.25) is 0 Å². The van der Waals surface area contributed by atoms with Gasteiger partial charge in [-0.1, -0.05) is 26.2 Å². The van der Waals surface area contributed by atoms with Crippen LogP contribution >= 0.6 is 0 Å². The second-order valence-corrected chi connectivity index (χ2v) is 7.06. The van der Waals surface area contributed by atoms with Crippen LogP contribution in [-0.2, 0) is 5.11 Å². The Bertz CT molecular complexity index is 682. The molecule has 1 radical (unpaired) electrons. The van der Waals surface area contributed by atoms with Crippen molar-refractivity contribution in [2.75, 3.05) is 24.6 Å². The van der Waals surface area contributed by atoms with Gasteiger partial charge in [0, 0.05) is 32.0 Å². The summed E-state index contributed by atoms with van der Waals surface area (Å²) in [6.45, 7) is 4.73. The van der Waals surface area contributed by atoms with Gasteiger partial charge in [0.05, 0.1) is 24.7 Å². The quantitative estimate of drug-likeness (QED) is 0.568. The van der Waals surface area contributed by atoms with Crippen molar-refractivity contribution in [2.45, 2.75) is 51.6 Å². The van der Waals surface area contributed by atoms with Crippen LogP contribution in [0.4, 0.5) is 5.69 Å². The third-order valence-electron chi connectivity index (χ3n) is 4.90. The number of anilines is 1. The molecule has 0 amide bonds. The van der Waals surface area contributed by atoms with E-state index in [9.17, 15) is 5.11 Å². The van der Waals surface area contributed by atoms with E-state index in [0.717, 1.165) is 56.1 Å². The molecule has 5 nitrogen and oxygen atoms in total. The number of hydrogen-bond acceptors (Lipinski definition) is 4. The second kappa shape index (κ2) is 10.0. The van der Waals surface area contributed by atoms with Gasteiger partial charge in [-0.25, -0.2) is 0 Å². The number of pyridine rings is 1. The number of nitrogens with zero attached hydrogens (tertiary/aromatic N) is 2. The van der Waals surface area contributed by atoms with Crippen LogP contribution in [0.2, 0.25) is 0 Å². The van der Waals surface area contributed by atoms with E-state index in [-0.39, 0.29) is 11.9 Å². The smallest absolute Gasteiger partial charge is 0.198 e. The Morgan fingerprint density at radius 2 is 1.78 bits per heavy atom. The van der Waals surface area contributed by atoms with Crippen molar-refractivity contribution in [3.8, 4) is 17.2 Å². The van der Waals surface area contributed by atoms with Crippen molar-refractivity contribution in [3.63, 3.8) is 0 Å². The molecule has 1 aliphatic heterocycles. The number of aromatic nitrogens is 1. The molecule has 2 aromatic rings. The first-order valence-electron chi connectivity index (χ1n) is 10.0. The molecule has 1 aromatic carbocycles. The van der Waals surface area contributed by atoms with E-state index in [0.29, 0.717) is 0 Å². The zero-order valence-electron chi connectivity index (χ0n) is 16.1. The predicted octanol–water partition coefficient (Wildman–Crippen LogP) is 5.23. The maximum Gasteiger partial charge on any atom is 0.198 e. The Morgan fingerprint density at radius 3 is 2.48 bits per heavy atom. The highest BCUT2D eigenvalue weighted by molar-refractivity contribution is 5.48. The Morgan fingerprint density at radius 1 is 1.04 bits per heavy atom. The summed E-state index contributed by atoms with van der Waals surface area (Å²) in [4.78, 5) is 6.19. The van der Waals surface area contributed by atoms with Gasteiger partial charge < -0.3 is 14.4 Å². The zero-order chi connectivity index (χ0) is 18.9. The number of piperidine rings is 1. The fourth-order valence-electron chi connectivity index (χ4n) is 3.34. The Kier molecular flexibility index (Phi) is 7.19. The van der Waals surface area contributed by atoms with E-state index in [4.69, 9.17) is 9.47 Å². The maximum atomic E-state index is 11.5. The first kappa shape index (κ1) is 19.3. The second-order valence-electron chi connectivity index (χ2n) is 7.06. The van der Waals surface area contributed by atoms with Crippen LogP contribution in [-0.4, -0.2) is 30.8 Å². The number of unbranched alkanes of at least 4 members (excludes halogenated alkanes) is 3. The van der Waals surface area contributed by atoms with Crippen LogP contribution in [0, 0.1) is 0 Å². The lowest BCUT2D eigenvalue weighted by molar-refractivity contribution is 0.170. The lowest BCUT2D eigenvalue weighted by Crippen LogP contribution is -2.38. The van der Waals surface area contributed by atoms with Crippen molar-refractivity contribution in [1.82, 2.24) is 4.98 Å². The highest BCUT2D eigenvalue weighted by Gasteiger charge is 2.21. The summed E-state index contributed by atoms with van der Waals surface area (Å²) in [6, 6.07) is 9.58. The molecule has 0 saturated carbocycles. The minimum absolute atomic E-state index is 0.0430. The minimum Gasteiger partial charge on any atom is -0.494 e. The predicted molar refractivity (Wildman–Crippen MR) is 106 cm³/mol. The lowest BCUT2D eigenvalue weighted by Gasteiger charge is -2.33. The molecule has 1 saturated heterocycles. The van der Waals surface area contributed by atoms with Crippen molar-refractivity contribution in [1.29, 1.82) is 0 Å². The number of benzene rings is 1. The molecule has 3 rings (SSSR count). The molecule has 145 valence electrons. The van der Waals surface area contributed by atoms with Gasteiger partial charge in [0.1, 0.15) is 17.6 Å². The molecule has 0 aliphatic carbocycles. The van der Waals surface area contributed by atoms with Crippen molar-refractivity contribution in [3.05, 3.63) is 42.7 Å². The average Bonchev–Trinajstić information content (AvgIpc) is 2.70. The Labute approximate surface area is 161 Å². The van der Waals surface area contributed by atoms with Gasteiger partial charge >= 0.3 is 0 Å². The summed E-state index contributed by atoms with van der Waals surface area (Å²) in [5.41, 5.74) is 0.904. The van der Waals surface area contributed by atoms with Gasteiger partial charge in [-0.05, 0) is 30.7 Å². The van der Waals surface area contributed by atoms with Crippen LogP contribution in [0.1, 0.15) is 45.4 Å². The normalized spacial score (nSPS) is 14.9. The summed E-state index contributed by atoms with van der Waals surface area (Å²) >= 11 is 0. The first-order valence-corrected chi connectivity index (χ1v) is 10.0. The molecule has 0 spiro atoms. The molecular formula is C22H29N2O3. The van der Waals surface area contributed by atoms with Crippen molar-refractivity contribution >= 4 is 5.69 Å². The average molecular weight is 369 g/mol. The molecule has 1 fully saturated rings. The summed E-state index contributed by atoms with van der Waals surface area (Å²) in [7, 11) is 0. The van der Waals surface area contributed by atoms with Crippen molar-refractivity contribution in [2.24, 2.45) is 0 Å². The monoisotopic (exact) mass is 369 g/mol. The van der Waals surface area contributed by atoms with E-state index in [1.165, 1.54) is 25.5 Å². The third kappa shape index (κ3) is 6.05. The molecule has 0 atom stereocenters. The highest BCUT2D eigenvalue weighted by atomic mass is 16.5. The minimum atomic E-state index is -0.0430. The molecule has 1 aromatic heterocycles. The fraction of sp³-hybridized carbons (Fsp3) is 0.500. The van der Waals surface area contributed by atoms with Crippen LogP contribution in [0.15, 0.2) is 42.7 Å². The molecule has 2 heterocycles. The SMILES string of the molecule is CCCCCCOc1ccc(OC2CCN(c3cncc([O])c3)CC2)cc1. The highest BCUT2D eigenvalue weighted by Crippen LogP contribution is 2.26. The number of ether oxygens (including phenoxy) is 2. The van der Waals surface area contributed by atoms with Crippen molar-refractivity contribution < 1.29 is 14.6 Å². The van der Waals surface area contributed by atoms with E-state index in [1.807, 2.05) is 24.3 Å². The van der Waals surface area contributed by atoms with Gasteiger partial charge in [0.25, 0.3) is 0 Å². The topological polar surface area (TPSA) is 54.5 Å². The summed E-state index contributed by atoms with van der Waals surface area (Å²) in [5, 5.41) is 11.5. The van der Waals surface area contributed by atoms with Crippen LogP contribution < -0.4 is 14.4 Å².